The molecule has 22 heavy (non-hydrogen) atoms. The van der Waals surface area contributed by atoms with Gasteiger partial charge in [-0.2, -0.15) is 0 Å². The Balaban J connectivity index is 2.44. The molecule has 114 valence electrons. The van der Waals surface area contributed by atoms with Crippen LogP contribution in [0.5, 0.6) is 0 Å². The summed E-state index contributed by atoms with van der Waals surface area (Å²) >= 11 is 0. The molecule has 0 aliphatic rings. The van der Waals surface area contributed by atoms with Crippen molar-refractivity contribution in [2.75, 3.05) is 14.1 Å². The second kappa shape index (κ2) is 8.13. The molecule has 0 N–H and O–H groups in total. The van der Waals surface area contributed by atoms with Gasteiger partial charge in [0.2, 0.25) is 0 Å². The molecule has 0 aromatic heterocycles. The molecule has 0 aliphatic carbocycles. The van der Waals surface area contributed by atoms with Crippen molar-refractivity contribution in [1.82, 2.24) is 4.90 Å². The lowest BCUT2D eigenvalue weighted by Gasteiger charge is -2.22. The van der Waals surface area contributed by atoms with E-state index in [1.165, 1.54) is 11.1 Å². The maximum Gasteiger partial charge on any atom is 0.103 e. The van der Waals surface area contributed by atoms with Crippen LogP contribution in [0, 0.1) is 0 Å². The summed E-state index contributed by atoms with van der Waals surface area (Å²) in [5, 5.41) is 0. The number of hydrogen-bond donors (Lipinski definition) is 0. The molecule has 0 aliphatic heterocycles. The van der Waals surface area contributed by atoms with Gasteiger partial charge in [-0.25, -0.2) is 0 Å². The van der Waals surface area contributed by atoms with Gasteiger partial charge in [0.15, 0.2) is 0 Å². The van der Waals surface area contributed by atoms with E-state index in [2.05, 4.69) is 24.3 Å². The molecule has 2 rings (SSSR count). The monoisotopic (exact) mass is 293 g/mol. The summed E-state index contributed by atoms with van der Waals surface area (Å²) in [6, 6.07) is 20.6. The van der Waals surface area contributed by atoms with Gasteiger partial charge in [0, 0.05) is 14.1 Å². The van der Waals surface area contributed by atoms with E-state index in [1.807, 2.05) is 74.9 Å². The van der Waals surface area contributed by atoms with Crippen molar-refractivity contribution in [1.29, 1.82) is 0 Å². The molecular formula is C19H23N3. The van der Waals surface area contributed by atoms with E-state index in [9.17, 15) is 0 Å². The van der Waals surface area contributed by atoms with Gasteiger partial charge in [-0.3, -0.25) is 9.98 Å². The van der Waals surface area contributed by atoms with Crippen LogP contribution in [-0.2, 0) is 0 Å². The average molecular weight is 293 g/mol. The minimum absolute atomic E-state index is 0.0233. The highest BCUT2D eigenvalue weighted by molar-refractivity contribution is 5.56. The summed E-state index contributed by atoms with van der Waals surface area (Å²) in [4.78, 5) is 11.4. The molecule has 2 aromatic rings. The Morgan fingerprint density at radius 3 is 1.64 bits per heavy atom. The molecule has 0 radical (unpaired) electrons. The number of nitrogens with zero attached hydrogens (tertiary/aromatic N) is 3. The van der Waals surface area contributed by atoms with Crippen molar-refractivity contribution in [2.45, 2.75) is 19.0 Å². The molecule has 0 heterocycles. The molecule has 3 heteroatoms. The van der Waals surface area contributed by atoms with Gasteiger partial charge in [0.1, 0.15) is 12.1 Å². The lowest BCUT2D eigenvalue weighted by molar-refractivity contribution is 0.563. The zero-order valence-corrected chi connectivity index (χ0v) is 13.4. The van der Waals surface area contributed by atoms with Crippen molar-refractivity contribution in [3.63, 3.8) is 0 Å². The second-order valence-corrected chi connectivity index (χ2v) is 5.35. The average Bonchev–Trinajstić information content (AvgIpc) is 2.55. The highest BCUT2D eigenvalue weighted by Crippen LogP contribution is 2.35. The molecule has 0 amide bonds. The van der Waals surface area contributed by atoms with Crippen LogP contribution in [0.25, 0.3) is 0 Å². The lowest BCUT2D eigenvalue weighted by Crippen LogP contribution is -2.13. The van der Waals surface area contributed by atoms with Gasteiger partial charge >= 0.3 is 0 Å². The first-order valence-corrected chi connectivity index (χ1v) is 7.49. The van der Waals surface area contributed by atoms with Crippen LogP contribution in [0.1, 0.15) is 30.1 Å². The van der Waals surface area contributed by atoms with Crippen molar-refractivity contribution in [3.8, 4) is 0 Å². The number of aliphatic imine (C=N–C) groups is 2. The van der Waals surface area contributed by atoms with Crippen LogP contribution >= 0.6 is 0 Å². The normalized spacial score (nSPS) is 14.3. The first-order chi connectivity index (χ1) is 10.7. The minimum Gasteiger partial charge on any atom is -0.369 e. The van der Waals surface area contributed by atoms with E-state index in [4.69, 9.17) is 9.98 Å². The Bertz CT molecular complexity index is 603. The SMILES string of the molecule is CC=N[C@H](c1ccccc1)[C@H](N=CN(C)C)c1ccccc1. The van der Waals surface area contributed by atoms with Gasteiger partial charge < -0.3 is 4.90 Å². The largest absolute Gasteiger partial charge is 0.369 e. The van der Waals surface area contributed by atoms with Crippen LogP contribution in [-0.4, -0.2) is 31.5 Å². The summed E-state index contributed by atoms with van der Waals surface area (Å²) in [5.41, 5.74) is 2.34. The highest BCUT2D eigenvalue weighted by Gasteiger charge is 2.22. The van der Waals surface area contributed by atoms with Crippen LogP contribution in [0.4, 0.5) is 0 Å². The van der Waals surface area contributed by atoms with Crippen molar-refractivity contribution in [3.05, 3.63) is 71.8 Å². The van der Waals surface area contributed by atoms with E-state index in [0.717, 1.165) is 0 Å². The van der Waals surface area contributed by atoms with Crippen LogP contribution < -0.4 is 0 Å². The Morgan fingerprint density at radius 2 is 1.23 bits per heavy atom. The van der Waals surface area contributed by atoms with Crippen molar-refractivity contribution < 1.29 is 0 Å². The third-order valence-electron chi connectivity index (χ3n) is 3.35. The fourth-order valence-corrected chi connectivity index (χ4v) is 2.37. The zero-order valence-electron chi connectivity index (χ0n) is 13.4. The van der Waals surface area contributed by atoms with Crippen LogP contribution in [0.15, 0.2) is 70.6 Å². The molecule has 0 bridgehead atoms. The maximum absolute atomic E-state index is 4.78. The molecule has 2 aromatic carbocycles. The van der Waals surface area contributed by atoms with Crippen LogP contribution in [0.2, 0.25) is 0 Å². The van der Waals surface area contributed by atoms with Gasteiger partial charge in [-0.05, 0) is 24.3 Å². The van der Waals surface area contributed by atoms with Gasteiger partial charge in [-0.15, -0.1) is 0 Å². The van der Waals surface area contributed by atoms with Crippen molar-refractivity contribution >= 4 is 12.6 Å². The highest BCUT2D eigenvalue weighted by atomic mass is 15.1. The molecule has 0 fully saturated rings. The first-order valence-electron chi connectivity index (χ1n) is 7.49. The Kier molecular flexibility index (Phi) is 5.90. The fourth-order valence-electron chi connectivity index (χ4n) is 2.37. The third-order valence-corrected chi connectivity index (χ3v) is 3.35. The Labute approximate surface area is 133 Å². The molecule has 3 nitrogen and oxygen atoms in total. The summed E-state index contributed by atoms with van der Waals surface area (Å²) in [7, 11) is 3.96. The zero-order chi connectivity index (χ0) is 15.8. The molecule has 0 spiro atoms. The first kappa shape index (κ1) is 16.0. The maximum atomic E-state index is 4.78. The molecule has 0 saturated carbocycles. The second-order valence-electron chi connectivity index (χ2n) is 5.35. The summed E-state index contributed by atoms with van der Waals surface area (Å²) in [6.45, 7) is 1.95. The van der Waals surface area contributed by atoms with E-state index in [-0.39, 0.29) is 12.1 Å². The summed E-state index contributed by atoms with van der Waals surface area (Å²) in [5.74, 6) is 0. The molecule has 0 saturated heterocycles. The quantitative estimate of drug-likeness (QED) is 0.581. The van der Waals surface area contributed by atoms with Gasteiger partial charge in [0.25, 0.3) is 0 Å². The van der Waals surface area contributed by atoms with E-state index in [1.54, 1.807) is 0 Å². The molecule has 0 unspecified atom stereocenters. The smallest absolute Gasteiger partial charge is 0.103 e. The Morgan fingerprint density at radius 1 is 0.773 bits per heavy atom. The van der Waals surface area contributed by atoms with Gasteiger partial charge in [-0.1, -0.05) is 60.7 Å². The molecule has 2 atom stereocenters. The number of hydrogen-bond acceptors (Lipinski definition) is 2. The number of rotatable bonds is 6. The van der Waals surface area contributed by atoms with E-state index >= 15 is 0 Å². The molecular weight excluding hydrogens is 270 g/mol. The van der Waals surface area contributed by atoms with E-state index in [0.29, 0.717) is 0 Å². The summed E-state index contributed by atoms with van der Waals surface area (Å²) < 4.78 is 0. The lowest BCUT2D eigenvalue weighted by atomic mass is 9.94. The van der Waals surface area contributed by atoms with Crippen LogP contribution in [0.3, 0.4) is 0 Å². The topological polar surface area (TPSA) is 28.0 Å². The standard InChI is InChI=1S/C19H23N3/c1-4-20-18(16-11-7-5-8-12-16)19(21-15-22(2)3)17-13-9-6-10-14-17/h4-15,18-19H,1-3H3/t18-,19-/m1/s1. The summed E-state index contributed by atoms with van der Waals surface area (Å²) in [6.07, 6.45) is 3.72. The third kappa shape index (κ3) is 4.29. The predicted octanol–water partition coefficient (Wildman–Crippen LogP) is 4.15. The fraction of sp³-hybridized carbons (Fsp3) is 0.263. The van der Waals surface area contributed by atoms with Crippen molar-refractivity contribution in [2.24, 2.45) is 9.98 Å². The van der Waals surface area contributed by atoms with E-state index < -0.39 is 0 Å². The minimum atomic E-state index is -0.0396. The predicted molar refractivity (Wildman–Crippen MR) is 94.7 cm³/mol. The number of benzene rings is 2. The van der Waals surface area contributed by atoms with Gasteiger partial charge in [0.05, 0.1) is 6.34 Å². The Hall–Kier alpha value is -2.42.